The highest BCUT2D eigenvalue weighted by Crippen LogP contribution is 2.20. The zero-order valence-corrected chi connectivity index (χ0v) is 11.4. The van der Waals surface area contributed by atoms with Crippen molar-refractivity contribution in [1.29, 1.82) is 0 Å². The molecule has 1 aromatic carbocycles. The molecule has 1 aromatic rings. The lowest BCUT2D eigenvalue weighted by molar-refractivity contribution is 0.0580. The third kappa shape index (κ3) is 4.28. The maximum atomic E-state index is 11.7. The Morgan fingerprint density at radius 3 is 2.24 bits per heavy atom. The van der Waals surface area contributed by atoms with Gasteiger partial charge in [0.2, 0.25) is 0 Å². The fourth-order valence-corrected chi connectivity index (χ4v) is 1.57. The van der Waals surface area contributed by atoms with E-state index in [1.165, 1.54) is 0 Å². The number of rotatable bonds is 2. The van der Waals surface area contributed by atoms with Crippen molar-refractivity contribution >= 4 is 23.5 Å². The van der Waals surface area contributed by atoms with Crippen molar-refractivity contribution in [2.75, 3.05) is 11.3 Å². The molecule has 0 radical (unpaired) electrons. The van der Waals surface area contributed by atoms with Gasteiger partial charge in [-0.05, 0) is 51.3 Å². The van der Waals surface area contributed by atoms with Gasteiger partial charge in [0, 0.05) is 4.90 Å². The van der Waals surface area contributed by atoms with Gasteiger partial charge in [-0.2, -0.15) is 0 Å². The van der Waals surface area contributed by atoms with Crippen LogP contribution in [0.15, 0.2) is 29.2 Å². The van der Waals surface area contributed by atoms with Gasteiger partial charge in [-0.15, -0.1) is 11.8 Å². The summed E-state index contributed by atoms with van der Waals surface area (Å²) < 4.78 is 5.17. The average molecular weight is 254 g/mol. The van der Waals surface area contributed by atoms with Crippen LogP contribution in [0.4, 0.5) is 10.5 Å². The smallest absolute Gasteiger partial charge is 0.429 e. The van der Waals surface area contributed by atoms with E-state index in [-0.39, 0.29) is 0 Å². The van der Waals surface area contributed by atoms with Gasteiger partial charge in [-0.1, -0.05) is 0 Å². The fraction of sp³-hybridized carbons (Fsp3) is 0.417. The van der Waals surface area contributed by atoms with Gasteiger partial charge in [-0.25, -0.2) is 15.6 Å². The molecule has 0 saturated heterocycles. The summed E-state index contributed by atoms with van der Waals surface area (Å²) in [4.78, 5) is 12.8. The number of anilines is 1. The summed E-state index contributed by atoms with van der Waals surface area (Å²) in [5.74, 6) is 5.69. The monoisotopic (exact) mass is 254 g/mol. The van der Waals surface area contributed by atoms with E-state index in [1.807, 2.05) is 18.4 Å². The van der Waals surface area contributed by atoms with Gasteiger partial charge >= 0.3 is 6.09 Å². The van der Waals surface area contributed by atoms with Crippen molar-refractivity contribution in [3.63, 3.8) is 0 Å². The third-order valence-electron chi connectivity index (χ3n) is 1.94. The molecule has 4 nitrogen and oxygen atoms in total. The number of hydrogen-bond donors (Lipinski definition) is 1. The minimum atomic E-state index is -0.561. The third-order valence-corrected chi connectivity index (χ3v) is 2.68. The Morgan fingerprint density at radius 2 is 1.82 bits per heavy atom. The molecule has 1 rings (SSSR count). The van der Waals surface area contributed by atoms with Gasteiger partial charge in [0.25, 0.3) is 0 Å². The van der Waals surface area contributed by atoms with E-state index in [0.29, 0.717) is 5.69 Å². The van der Waals surface area contributed by atoms with E-state index < -0.39 is 11.7 Å². The molecule has 1 amide bonds. The van der Waals surface area contributed by atoms with Crippen molar-refractivity contribution in [2.45, 2.75) is 31.3 Å². The maximum absolute atomic E-state index is 11.7. The Kier molecular flexibility index (Phi) is 4.42. The molecule has 94 valence electrons. The first-order valence-electron chi connectivity index (χ1n) is 5.25. The maximum Gasteiger partial charge on any atom is 0.429 e. The molecule has 0 heterocycles. The van der Waals surface area contributed by atoms with Crippen LogP contribution in [-0.4, -0.2) is 18.0 Å². The number of thioether (sulfide) groups is 1. The highest BCUT2D eigenvalue weighted by Gasteiger charge is 2.20. The van der Waals surface area contributed by atoms with E-state index in [1.54, 1.807) is 44.7 Å². The second-order valence-corrected chi connectivity index (χ2v) is 5.43. The quantitative estimate of drug-likeness (QED) is 0.381. The summed E-state index contributed by atoms with van der Waals surface area (Å²) in [5.41, 5.74) is 0.0607. The second-order valence-electron chi connectivity index (χ2n) is 4.55. The van der Waals surface area contributed by atoms with Gasteiger partial charge in [-0.3, -0.25) is 0 Å². The molecule has 0 aromatic heterocycles. The van der Waals surface area contributed by atoms with Crippen LogP contribution in [0.2, 0.25) is 0 Å². The molecule has 0 unspecified atom stereocenters. The predicted octanol–water partition coefficient (Wildman–Crippen LogP) is 3.02. The summed E-state index contributed by atoms with van der Waals surface area (Å²) in [6.07, 6.45) is 1.43. The fourth-order valence-electron chi connectivity index (χ4n) is 1.16. The molecule has 0 fully saturated rings. The van der Waals surface area contributed by atoms with Crippen LogP contribution in [0.5, 0.6) is 0 Å². The van der Waals surface area contributed by atoms with Gasteiger partial charge in [0.1, 0.15) is 5.60 Å². The highest BCUT2D eigenvalue weighted by atomic mass is 32.2. The van der Waals surface area contributed by atoms with Crippen molar-refractivity contribution in [3.05, 3.63) is 24.3 Å². The molecule has 0 spiro atoms. The van der Waals surface area contributed by atoms with Gasteiger partial charge in [0.05, 0.1) is 5.69 Å². The minimum absolute atomic E-state index is 0.548. The topological polar surface area (TPSA) is 55.6 Å². The lowest BCUT2D eigenvalue weighted by Gasteiger charge is -2.24. The Morgan fingerprint density at radius 1 is 1.29 bits per heavy atom. The Labute approximate surface area is 106 Å². The zero-order chi connectivity index (χ0) is 13.1. The number of carbonyl (C=O) groups is 1. The van der Waals surface area contributed by atoms with Crippen LogP contribution < -0.4 is 10.9 Å². The first kappa shape index (κ1) is 13.9. The largest absolute Gasteiger partial charge is 0.442 e. The Hall–Kier alpha value is -1.20. The van der Waals surface area contributed by atoms with E-state index in [0.717, 1.165) is 9.90 Å². The second kappa shape index (κ2) is 5.42. The van der Waals surface area contributed by atoms with Crippen LogP contribution in [-0.2, 0) is 4.74 Å². The van der Waals surface area contributed by atoms with Crippen molar-refractivity contribution < 1.29 is 9.53 Å². The number of hydrogen-bond acceptors (Lipinski definition) is 4. The van der Waals surface area contributed by atoms with Gasteiger partial charge in [0.15, 0.2) is 0 Å². The lowest BCUT2D eigenvalue weighted by atomic mass is 10.2. The van der Waals surface area contributed by atoms with E-state index in [4.69, 9.17) is 10.6 Å². The molecule has 0 saturated carbocycles. The van der Waals surface area contributed by atoms with Gasteiger partial charge < -0.3 is 4.74 Å². The molecule has 0 atom stereocenters. The van der Waals surface area contributed by atoms with Crippen LogP contribution in [0, 0.1) is 0 Å². The van der Waals surface area contributed by atoms with Crippen LogP contribution in [0.3, 0.4) is 0 Å². The molecular formula is C12H18N2O2S. The van der Waals surface area contributed by atoms with Crippen molar-refractivity contribution in [3.8, 4) is 0 Å². The summed E-state index contributed by atoms with van der Waals surface area (Å²) in [7, 11) is 0. The van der Waals surface area contributed by atoms with Crippen LogP contribution >= 0.6 is 11.8 Å². The first-order chi connectivity index (χ1) is 7.83. The standard InChI is InChI=1S/C12H18N2O2S/c1-12(2,3)16-11(15)14(13)9-5-7-10(17-4)8-6-9/h5-8H,13H2,1-4H3. The van der Waals surface area contributed by atoms with Crippen molar-refractivity contribution in [1.82, 2.24) is 0 Å². The average Bonchev–Trinajstić information content (AvgIpc) is 2.26. The summed E-state index contributed by atoms with van der Waals surface area (Å²) in [6, 6.07) is 7.39. The zero-order valence-electron chi connectivity index (χ0n) is 10.6. The van der Waals surface area contributed by atoms with E-state index in [9.17, 15) is 4.79 Å². The number of nitrogens with zero attached hydrogens (tertiary/aromatic N) is 1. The minimum Gasteiger partial charge on any atom is -0.442 e. The number of ether oxygens (including phenoxy) is 1. The summed E-state index contributed by atoms with van der Waals surface area (Å²) >= 11 is 1.63. The number of carbonyl (C=O) groups excluding carboxylic acids is 1. The van der Waals surface area contributed by atoms with E-state index >= 15 is 0 Å². The van der Waals surface area contributed by atoms with Crippen LogP contribution in [0.1, 0.15) is 20.8 Å². The molecular weight excluding hydrogens is 236 g/mol. The SMILES string of the molecule is CSc1ccc(N(N)C(=O)OC(C)(C)C)cc1. The normalized spacial score (nSPS) is 11.1. The molecule has 0 aliphatic carbocycles. The number of hydrazine groups is 1. The molecule has 17 heavy (non-hydrogen) atoms. The number of amides is 1. The van der Waals surface area contributed by atoms with Crippen LogP contribution in [0.25, 0.3) is 0 Å². The lowest BCUT2D eigenvalue weighted by Crippen LogP contribution is -2.41. The molecule has 0 bridgehead atoms. The highest BCUT2D eigenvalue weighted by molar-refractivity contribution is 7.98. The van der Waals surface area contributed by atoms with E-state index in [2.05, 4.69) is 0 Å². The predicted molar refractivity (Wildman–Crippen MR) is 71.1 cm³/mol. The number of nitrogens with two attached hydrogens (primary N) is 1. The van der Waals surface area contributed by atoms with Crippen molar-refractivity contribution in [2.24, 2.45) is 5.84 Å². The molecule has 2 N–H and O–H groups in total. The Balaban J connectivity index is 2.74. The summed E-state index contributed by atoms with van der Waals surface area (Å²) in [5, 5.41) is 1.01. The Bertz CT molecular complexity index is 384. The molecule has 0 aliphatic rings. The number of benzene rings is 1. The first-order valence-corrected chi connectivity index (χ1v) is 6.48. The molecule has 0 aliphatic heterocycles. The molecule has 5 heteroatoms. The summed E-state index contributed by atoms with van der Waals surface area (Å²) in [6.45, 7) is 5.40.